The van der Waals surface area contributed by atoms with Gasteiger partial charge in [0.05, 0.1) is 51.8 Å². The first-order chi connectivity index (χ1) is 20.2. The second-order valence-corrected chi connectivity index (χ2v) is 13.1. The fourth-order valence-corrected chi connectivity index (χ4v) is 7.25. The molecule has 0 unspecified atom stereocenters. The van der Waals surface area contributed by atoms with Crippen molar-refractivity contribution in [2.24, 2.45) is 0 Å². The van der Waals surface area contributed by atoms with Gasteiger partial charge in [-0.15, -0.1) is 0 Å². The fraction of sp³-hybridized carbons (Fsp3) is 0.355. The number of nitrogens with one attached hydrogen (secondary N) is 2. The average Bonchev–Trinajstić information content (AvgIpc) is 2.94. The molecule has 2 aliphatic rings. The lowest BCUT2D eigenvalue weighted by molar-refractivity contribution is -0.00545. The molecule has 0 aliphatic carbocycles. The third-order valence-corrected chi connectivity index (χ3v) is 9.69. The van der Waals surface area contributed by atoms with Gasteiger partial charge in [0.25, 0.3) is 5.91 Å². The SMILES string of the molecule is Cc1ccc(C(=O)NCc2cc3nc(-c4cccc(N5C[C@@H](C)O[C@@H](C)C5)n4)ccc3cn2)c([S@@](=N)(=O)N2CCC2)c1. The maximum atomic E-state index is 13.3. The van der Waals surface area contributed by atoms with E-state index < -0.39 is 9.92 Å². The molecule has 2 aliphatic heterocycles. The second-order valence-electron chi connectivity index (χ2n) is 11.1. The molecule has 1 amide bonds. The molecule has 0 radical (unpaired) electrons. The van der Waals surface area contributed by atoms with Gasteiger partial charge >= 0.3 is 0 Å². The van der Waals surface area contributed by atoms with Gasteiger partial charge in [0.15, 0.2) is 0 Å². The Kier molecular flexibility index (Phi) is 7.65. The molecule has 4 aromatic rings. The minimum Gasteiger partial charge on any atom is -0.372 e. The first kappa shape index (κ1) is 28.2. The number of rotatable bonds is 7. The molecule has 1 aromatic carbocycles. The Morgan fingerprint density at radius 3 is 2.55 bits per heavy atom. The number of hydrogen-bond acceptors (Lipinski definition) is 8. The van der Waals surface area contributed by atoms with Gasteiger partial charge in [-0.05, 0) is 75.2 Å². The molecule has 2 N–H and O–H groups in total. The Morgan fingerprint density at radius 2 is 1.81 bits per heavy atom. The van der Waals surface area contributed by atoms with Crippen molar-refractivity contribution in [3.8, 4) is 11.4 Å². The van der Waals surface area contributed by atoms with Crippen LogP contribution in [0.2, 0.25) is 0 Å². The Morgan fingerprint density at radius 1 is 1.05 bits per heavy atom. The number of aromatic nitrogens is 3. The van der Waals surface area contributed by atoms with Crippen LogP contribution in [0.5, 0.6) is 0 Å². The number of ether oxygens (including phenoxy) is 1. The zero-order valence-corrected chi connectivity index (χ0v) is 24.9. The molecule has 0 saturated carbocycles. The molecule has 3 aromatic heterocycles. The topological polar surface area (TPSA) is 124 Å². The minimum absolute atomic E-state index is 0.138. The predicted octanol–water partition coefficient (Wildman–Crippen LogP) is 4.57. The number of nitrogens with zero attached hydrogens (tertiary/aromatic N) is 5. The molecule has 0 bridgehead atoms. The number of aryl methyl sites for hydroxylation is 1. The number of amides is 1. The van der Waals surface area contributed by atoms with Gasteiger partial charge in [-0.25, -0.2) is 23.3 Å². The molecule has 42 heavy (non-hydrogen) atoms. The van der Waals surface area contributed by atoms with Crippen molar-refractivity contribution in [3.05, 3.63) is 77.6 Å². The van der Waals surface area contributed by atoms with Crippen LogP contribution in [0.15, 0.2) is 65.7 Å². The van der Waals surface area contributed by atoms with E-state index >= 15 is 0 Å². The zero-order valence-electron chi connectivity index (χ0n) is 24.0. The Labute approximate surface area is 246 Å². The van der Waals surface area contributed by atoms with E-state index in [2.05, 4.69) is 29.0 Å². The predicted molar refractivity (Wildman–Crippen MR) is 163 cm³/mol. The van der Waals surface area contributed by atoms with Crippen molar-refractivity contribution in [2.45, 2.75) is 50.8 Å². The molecule has 218 valence electrons. The van der Waals surface area contributed by atoms with E-state index in [1.165, 1.54) is 0 Å². The summed E-state index contributed by atoms with van der Waals surface area (Å²) in [6.45, 7) is 8.95. The highest BCUT2D eigenvalue weighted by atomic mass is 32.2. The van der Waals surface area contributed by atoms with Crippen molar-refractivity contribution >= 4 is 32.5 Å². The van der Waals surface area contributed by atoms with Crippen molar-refractivity contribution in [1.82, 2.24) is 24.6 Å². The minimum atomic E-state index is -3.23. The van der Waals surface area contributed by atoms with Crippen LogP contribution in [-0.2, 0) is 21.2 Å². The van der Waals surface area contributed by atoms with Crippen molar-refractivity contribution in [3.63, 3.8) is 0 Å². The standard InChI is InChI=1S/C31H35N7O3S/c1-20-8-10-25(29(14-20)42(32,40)38-12-5-13-38)31(39)34-17-24-15-28-23(16-33-24)9-11-27(35-28)26-6-4-7-30(36-26)37-18-21(2)41-22(3)19-37/h4,6-11,14-16,21-22,32H,5,12-13,17-19H2,1-3H3,(H,34,39)/t21-,22+,42-/m0/s1. The molecule has 6 rings (SSSR count). The highest BCUT2D eigenvalue weighted by Crippen LogP contribution is 2.27. The smallest absolute Gasteiger partial charge is 0.252 e. The molecular formula is C31H35N7O3S. The van der Waals surface area contributed by atoms with E-state index in [0.717, 1.165) is 53.2 Å². The quantitative estimate of drug-likeness (QED) is 0.326. The second kappa shape index (κ2) is 11.4. The Hall–Kier alpha value is -3.93. The van der Waals surface area contributed by atoms with Crippen LogP contribution in [-0.4, -0.2) is 67.8 Å². The number of morpholine rings is 1. The largest absolute Gasteiger partial charge is 0.372 e. The van der Waals surface area contributed by atoms with E-state index in [9.17, 15) is 9.00 Å². The van der Waals surface area contributed by atoms with Crippen molar-refractivity contribution < 1.29 is 13.7 Å². The third-order valence-electron chi connectivity index (χ3n) is 7.66. The number of fused-ring (bicyclic) bond motifs is 1. The normalized spacial score (nSPS) is 20.6. The van der Waals surface area contributed by atoms with Crippen LogP contribution in [0, 0.1) is 11.7 Å². The van der Waals surface area contributed by atoms with Crippen LogP contribution in [0.4, 0.5) is 5.82 Å². The summed E-state index contributed by atoms with van der Waals surface area (Å²) in [5, 5.41) is 3.78. The van der Waals surface area contributed by atoms with Gasteiger partial charge in [0.1, 0.15) is 15.7 Å². The van der Waals surface area contributed by atoms with Gasteiger partial charge in [-0.2, -0.15) is 0 Å². The van der Waals surface area contributed by atoms with Crippen LogP contribution < -0.4 is 10.2 Å². The summed E-state index contributed by atoms with van der Waals surface area (Å²) >= 11 is 0. The van der Waals surface area contributed by atoms with Crippen molar-refractivity contribution in [2.75, 3.05) is 31.1 Å². The first-order valence-corrected chi connectivity index (χ1v) is 15.7. The Bertz CT molecular complexity index is 1750. The van der Waals surface area contributed by atoms with Crippen LogP contribution >= 0.6 is 0 Å². The summed E-state index contributed by atoms with van der Waals surface area (Å²) in [5.74, 6) is 0.512. The summed E-state index contributed by atoms with van der Waals surface area (Å²) in [6.07, 6.45) is 2.92. The first-order valence-electron chi connectivity index (χ1n) is 14.2. The summed E-state index contributed by atoms with van der Waals surface area (Å²) in [7, 11) is -3.23. The molecular weight excluding hydrogens is 550 g/mol. The number of anilines is 1. The van der Waals surface area contributed by atoms with Crippen molar-refractivity contribution in [1.29, 1.82) is 4.78 Å². The molecule has 2 fully saturated rings. The highest BCUT2D eigenvalue weighted by molar-refractivity contribution is 7.90. The number of pyridine rings is 3. The van der Waals surface area contributed by atoms with Gasteiger partial charge in [-0.3, -0.25) is 9.78 Å². The number of benzene rings is 1. The van der Waals surface area contributed by atoms with E-state index in [4.69, 9.17) is 19.5 Å². The molecule has 0 spiro atoms. The van der Waals surface area contributed by atoms with E-state index in [0.29, 0.717) is 18.8 Å². The molecule has 3 atom stereocenters. The lowest BCUT2D eigenvalue weighted by Crippen LogP contribution is -2.45. The average molecular weight is 586 g/mol. The van der Waals surface area contributed by atoms with Crippen LogP contribution in [0.25, 0.3) is 22.3 Å². The molecule has 11 heteroatoms. The maximum absolute atomic E-state index is 13.3. The van der Waals surface area contributed by atoms with E-state index in [1.54, 1.807) is 28.7 Å². The van der Waals surface area contributed by atoms with Gasteiger partial charge < -0.3 is 15.0 Å². The number of hydrogen-bond donors (Lipinski definition) is 2. The maximum Gasteiger partial charge on any atom is 0.252 e. The molecule has 2 saturated heterocycles. The summed E-state index contributed by atoms with van der Waals surface area (Å²) in [4.78, 5) is 30.0. The summed E-state index contributed by atoms with van der Waals surface area (Å²) in [5.41, 5.74) is 4.02. The number of carbonyl (C=O) groups excluding carboxylic acids is 1. The van der Waals surface area contributed by atoms with Gasteiger partial charge in [-0.1, -0.05) is 12.1 Å². The third kappa shape index (κ3) is 5.72. The lowest BCUT2D eigenvalue weighted by Gasteiger charge is -2.36. The fourth-order valence-electron chi connectivity index (χ4n) is 5.40. The molecule has 10 nitrogen and oxygen atoms in total. The number of carbonyl (C=O) groups is 1. The highest BCUT2D eigenvalue weighted by Gasteiger charge is 2.30. The summed E-state index contributed by atoms with van der Waals surface area (Å²) in [6, 6.07) is 16.9. The van der Waals surface area contributed by atoms with Gasteiger partial charge in [0.2, 0.25) is 0 Å². The van der Waals surface area contributed by atoms with Crippen LogP contribution in [0.1, 0.15) is 41.9 Å². The lowest BCUT2D eigenvalue weighted by atomic mass is 10.1. The zero-order chi connectivity index (χ0) is 29.4. The summed E-state index contributed by atoms with van der Waals surface area (Å²) < 4.78 is 29.4. The van der Waals surface area contributed by atoms with E-state index in [-0.39, 0.29) is 35.1 Å². The monoisotopic (exact) mass is 585 g/mol. The Balaban J connectivity index is 1.21. The van der Waals surface area contributed by atoms with Crippen LogP contribution in [0.3, 0.4) is 0 Å². The molecule has 5 heterocycles. The van der Waals surface area contributed by atoms with E-state index in [1.807, 2.05) is 43.3 Å². The van der Waals surface area contributed by atoms with Gasteiger partial charge in [0, 0.05) is 37.8 Å².